The summed E-state index contributed by atoms with van der Waals surface area (Å²) >= 11 is 0. The van der Waals surface area contributed by atoms with Crippen molar-refractivity contribution in [3.05, 3.63) is 6.92 Å². The highest BCUT2D eigenvalue weighted by Gasteiger charge is 2.16. The summed E-state index contributed by atoms with van der Waals surface area (Å²) in [6.07, 6.45) is 3.91. The maximum atomic E-state index is 4.10. The van der Waals surface area contributed by atoms with Crippen LogP contribution in [0.15, 0.2) is 0 Å². The summed E-state index contributed by atoms with van der Waals surface area (Å²) in [5.74, 6) is 1.59. The minimum Gasteiger partial charge on any atom is -0.303 e. The average Bonchev–Trinajstić information content (AvgIpc) is 2.09. The molecule has 1 aliphatic heterocycles. The largest absolute Gasteiger partial charge is 0.303 e. The van der Waals surface area contributed by atoms with Gasteiger partial charge in [-0.15, -0.1) is 0 Å². The normalized spacial score (nSPS) is 24.2. The fourth-order valence-electron chi connectivity index (χ4n) is 1.74. The number of likely N-dealkylation sites (tertiary alicyclic amines) is 1. The van der Waals surface area contributed by atoms with Crippen molar-refractivity contribution in [1.29, 1.82) is 0 Å². The molecule has 1 heterocycles. The van der Waals surface area contributed by atoms with E-state index in [9.17, 15) is 0 Å². The van der Waals surface area contributed by atoms with Gasteiger partial charge in [0.25, 0.3) is 0 Å². The predicted octanol–water partition coefficient (Wildman–Crippen LogP) is 2.58. The van der Waals surface area contributed by atoms with Gasteiger partial charge in [0.1, 0.15) is 0 Å². The molecule has 12 heavy (non-hydrogen) atoms. The van der Waals surface area contributed by atoms with Crippen LogP contribution in [0.4, 0.5) is 0 Å². The fourth-order valence-corrected chi connectivity index (χ4v) is 1.74. The van der Waals surface area contributed by atoms with E-state index in [1.165, 1.54) is 38.9 Å². The summed E-state index contributed by atoms with van der Waals surface area (Å²) in [4.78, 5) is 2.59. The first-order chi connectivity index (χ1) is 5.72. The van der Waals surface area contributed by atoms with Gasteiger partial charge in [0, 0.05) is 6.54 Å². The Morgan fingerprint density at radius 3 is 2.50 bits per heavy atom. The van der Waals surface area contributed by atoms with Crippen LogP contribution in [0.1, 0.15) is 33.1 Å². The second-order valence-corrected chi connectivity index (χ2v) is 4.26. The smallest absolute Gasteiger partial charge is 0.000692 e. The topological polar surface area (TPSA) is 3.24 Å². The van der Waals surface area contributed by atoms with E-state index in [0.29, 0.717) is 0 Å². The Bertz CT molecular complexity index is 114. The highest BCUT2D eigenvalue weighted by atomic mass is 15.1. The molecule has 1 radical (unpaired) electrons. The van der Waals surface area contributed by atoms with Gasteiger partial charge in [-0.2, -0.15) is 0 Å². The molecule has 1 fully saturated rings. The van der Waals surface area contributed by atoms with Crippen LogP contribution in [0.5, 0.6) is 0 Å². The van der Waals surface area contributed by atoms with E-state index in [1.807, 2.05) is 0 Å². The van der Waals surface area contributed by atoms with E-state index in [0.717, 1.165) is 11.8 Å². The maximum Gasteiger partial charge on any atom is 0.000692 e. The maximum absolute atomic E-state index is 4.10. The molecule has 71 valence electrons. The second kappa shape index (κ2) is 4.86. The van der Waals surface area contributed by atoms with Crippen molar-refractivity contribution in [2.45, 2.75) is 33.1 Å². The monoisotopic (exact) mass is 168 g/mol. The van der Waals surface area contributed by atoms with Crippen LogP contribution in [-0.4, -0.2) is 24.5 Å². The average molecular weight is 168 g/mol. The zero-order chi connectivity index (χ0) is 8.97. The van der Waals surface area contributed by atoms with Gasteiger partial charge in [0.05, 0.1) is 0 Å². The van der Waals surface area contributed by atoms with E-state index in [-0.39, 0.29) is 0 Å². The molecule has 0 spiro atoms. The van der Waals surface area contributed by atoms with Crippen molar-refractivity contribution in [2.24, 2.45) is 11.8 Å². The van der Waals surface area contributed by atoms with Crippen LogP contribution in [0, 0.1) is 18.8 Å². The van der Waals surface area contributed by atoms with E-state index in [2.05, 4.69) is 25.7 Å². The summed E-state index contributed by atoms with van der Waals surface area (Å²) in [5, 5.41) is 0. The quantitative estimate of drug-likeness (QED) is 0.626. The van der Waals surface area contributed by atoms with Gasteiger partial charge in [-0.1, -0.05) is 27.2 Å². The lowest BCUT2D eigenvalue weighted by Crippen LogP contribution is -2.35. The molecular formula is C11H22N. The molecular weight excluding hydrogens is 146 g/mol. The third-order valence-electron chi connectivity index (χ3n) is 2.97. The number of piperidine rings is 1. The van der Waals surface area contributed by atoms with Gasteiger partial charge < -0.3 is 4.90 Å². The zero-order valence-corrected chi connectivity index (χ0v) is 8.55. The Labute approximate surface area is 77.1 Å². The minimum atomic E-state index is 0.721. The van der Waals surface area contributed by atoms with Gasteiger partial charge in [0.2, 0.25) is 0 Å². The Kier molecular flexibility index (Phi) is 4.07. The first-order valence-corrected chi connectivity index (χ1v) is 5.27. The van der Waals surface area contributed by atoms with E-state index in [1.54, 1.807) is 0 Å². The van der Waals surface area contributed by atoms with E-state index >= 15 is 0 Å². The molecule has 0 aliphatic carbocycles. The van der Waals surface area contributed by atoms with Crippen LogP contribution in [0.3, 0.4) is 0 Å². The molecule has 0 aromatic rings. The fraction of sp³-hybridized carbons (Fsp3) is 0.909. The molecule has 1 unspecified atom stereocenters. The highest BCUT2D eigenvalue weighted by molar-refractivity contribution is 4.74. The lowest BCUT2D eigenvalue weighted by Gasteiger charge is -2.31. The molecule has 0 N–H and O–H groups in total. The number of hydrogen-bond donors (Lipinski definition) is 0. The molecule has 0 amide bonds. The van der Waals surface area contributed by atoms with Gasteiger partial charge in [-0.3, -0.25) is 0 Å². The summed E-state index contributed by atoms with van der Waals surface area (Å²) in [6, 6.07) is 0. The van der Waals surface area contributed by atoms with Gasteiger partial charge >= 0.3 is 0 Å². The first-order valence-electron chi connectivity index (χ1n) is 5.27. The minimum absolute atomic E-state index is 0.721. The molecule has 1 atom stereocenters. The van der Waals surface area contributed by atoms with Crippen LogP contribution < -0.4 is 0 Å². The van der Waals surface area contributed by atoms with Gasteiger partial charge in [0.15, 0.2) is 0 Å². The molecule has 1 aliphatic rings. The lowest BCUT2D eigenvalue weighted by molar-refractivity contribution is 0.177. The second-order valence-electron chi connectivity index (χ2n) is 4.26. The molecule has 1 rings (SSSR count). The van der Waals surface area contributed by atoms with E-state index < -0.39 is 0 Å². The Morgan fingerprint density at radius 1 is 1.42 bits per heavy atom. The van der Waals surface area contributed by atoms with Crippen LogP contribution in [0.25, 0.3) is 0 Å². The SMILES string of the molecule is [CH2]C1CCN(CC(C)CC)CC1. The summed E-state index contributed by atoms with van der Waals surface area (Å²) < 4.78 is 0. The third kappa shape index (κ3) is 3.14. The molecule has 1 heteroatoms. The molecule has 1 nitrogen and oxygen atoms in total. The van der Waals surface area contributed by atoms with Crippen molar-refractivity contribution >= 4 is 0 Å². The van der Waals surface area contributed by atoms with Crippen LogP contribution in [0.2, 0.25) is 0 Å². The molecule has 0 aromatic carbocycles. The van der Waals surface area contributed by atoms with Crippen molar-refractivity contribution in [3.63, 3.8) is 0 Å². The van der Waals surface area contributed by atoms with E-state index in [4.69, 9.17) is 0 Å². The molecule has 0 bridgehead atoms. The van der Waals surface area contributed by atoms with Crippen molar-refractivity contribution in [1.82, 2.24) is 4.90 Å². The first kappa shape index (κ1) is 10.0. The number of hydrogen-bond acceptors (Lipinski definition) is 1. The van der Waals surface area contributed by atoms with Crippen LogP contribution in [-0.2, 0) is 0 Å². The molecule has 0 aromatic heterocycles. The summed E-state index contributed by atoms with van der Waals surface area (Å²) in [5.41, 5.74) is 0. The summed E-state index contributed by atoms with van der Waals surface area (Å²) in [7, 11) is 0. The van der Waals surface area contributed by atoms with Crippen LogP contribution >= 0.6 is 0 Å². The highest BCUT2D eigenvalue weighted by Crippen LogP contribution is 2.17. The summed E-state index contributed by atoms with van der Waals surface area (Å²) in [6.45, 7) is 12.6. The van der Waals surface area contributed by atoms with Crippen molar-refractivity contribution in [2.75, 3.05) is 19.6 Å². The number of nitrogens with zero attached hydrogens (tertiary/aromatic N) is 1. The zero-order valence-electron chi connectivity index (χ0n) is 8.55. The standard InChI is InChI=1S/C11H22N/c1-4-10(2)9-12-7-5-11(3)6-8-12/h10-11H,3-9H2,1-2H3. The molecule has 1 saturated heterocycles. The lowest BCUT2D eigenvalue weighted by atomic mass is 9.98. The Morgan fingerprint density at radius 2 is 2.00 bits per heavy atom. The van der Waals surface area contributed by atoms with Crippen molar-refractivity contribution in [3.8, 4) is 0 Å². The van der Waals surface area contributed by atoms with Crippen molar-refractivity contribution < 1.29 is 0 Å². The predicted molar refractivity (Wildman–Crippen MR) is 54.0 cm³/mol. The Hall–Kier alpha value is -0.0400. The van der Waals surface area contributed by atoms with Gasteiger partial charge in [-0.25, -0.2) is 0 Å². The Balaban J connectivity index is 2.17. The van der Waals surface area contributed by atoms with Gasteiger partial charge in [-0.05, 0) is 37.8 Å². The third-order valence-corrected chi connectivity index (χ3v) is 2.97. The molecule has 0 saturated carbocycles. The number of rotatable bonds is 3.